The van der Waals surface area contributed by atoms with Crippen LogP contribution in [0.5, 0.6) is 0 Å². The van der Waals surface area contributed by atoms with E-state index in [2.05, 4.69) is 23.5 Å². The molecular weight excluding hydrogens is 224 g/mol. The van der Waals surface area contributed by atoms with Crippen molar-refractivity contribution in [1.29, 1.82) is 0 Å². The number of nitrogens with zero attached hydrogens (tertiary/aromatic N) is 1. The minimum Gasteiger partial charge on any atom is -0.316 e. The maximum atomic E-state index is 11.8. The molecule has 3 heteroatoms. The molecule has 2 aliphatic heterocycles. The van der Waals surface area contributed by atoms with Crippen molar-refractivity contribution in [2.75, 3.05) is 25.0 Å². The number of fused-ring (bicyclic) bond motifs is 1. The van der Waals surface area contributed by atoms with Crippen molar-refractivity contribution >= 4 is 11.6 Å². The minimum absolute atomic E-state index is 0.221. The third-order valence-electron chi connectivity index (χ3n) is 4.22. The number of nitrogens with one attached hydrogen (secondary N) is 1. The first kappa shape index (κ1) is 11.7. The molecule has 1 fully saturated rings. The number of benzene rings is 1. The van der Waals surface area contributed by atoms with Gasteiger partial charge in [-0.1, -0.05) is 12.1 Å². The Hall–Kier alpha value is -1.35. The highest BCUT2D eigenvalue weighted by Crippen LogP contribution is 2.32. The molecule has 1 aromatic carbocycles. The second-order valence-corrected chi connectivity index (χ2v) is 5.46. The molecule has 3 rings (SSSR count). The second-order valence-electron chi connectivity index (χ2n) is 5.46. The van der Waals surface area contributed by atoms with Crippen LogP contribution in [-0.4, -0.2) is 26.0 Å². The normalized spacial score (nSPS) is 23.3. The third-order valence-corrected chi connectivity index (χ3v) is 4.22. The van der Waals surface area contributed by atoms with E-state index in [0.29, 0.717) is 6.42 Å². The van der Waals surface area contributed by atoms with E-state index in [0.717, 1.165) is 31.1 Å². The molecule has 1 saturated heterocycles. The molecule has 1 amide bonds. The van der Waals surface area contributed by atoms with Crippen LogP contribution in [0.25, 0.3) is 0 Å². The molecule has 0 spiro atoms. The van der Waals surface area contributed by atoms with Gasteiger partial charge in [-0.05, 0) is 55.5 Å². The maximum Gasteiger partial charge on any atom is 0.231 e. The molecule has 0 bridgehead atoms. The Labute approximate surface area is 108 Å². The Morgan fingerprint density at radius 2 is 2.33 bits per heavy atom. The Balaban J connectivity index is 1.83. The number of hydrogen-bond donors (Lipinski definition) is 1. The fraction of sp³-hybridized carbons (Fsp3) is 0.533. The molecule has 1 N–H and O–H groups in total. The lowest BCUT2D eigenvalue weighted by Crippen LogP contribution is -2.31. The lowest BCUT2D eigenvalue weighted by molar-refractivity contribution is -0.117. The zero-order chi connectivity index (χ0) is 12.5. The van der Waals surface area contributed by atoms with Gasteiger partial charge >= 0.3 is 0 Å². The van der Waals surface area contributed by atoms with E-state index in [1.54, 1.807) is 4.90 Å². The van der Waals surface area contributed by atoms with E-state index in [1.807, 2.05) is 7.05 Å². The summed E-state index contributed by atoms with van der Waals surface area (Å²) in [6.45, 7) is 2.28. The van der Waals surface area contributed by atoms with E-state index in [4.69, 9.17) is 0 Å². The lowest BCUT2D eigenvalue weighted by atomic mass is 9.89. The average molecular weight is 244 g/mol. The molecule has 2 heterocycles. The number of hydrogen-bond acceptors (Lipinski definition) is 2. The van der Waals surface area contributed by atoms with Gasteiger partial charge in [0.1, 0.15) is 0 Å². The van der Waals surface area contributed by atoms with Gasteiger partial charge in [0, 0.05) is 12.7 Å². The number of likely N-dealkylation sites (N-methyl/N-ethyl adjacent to an activating group) is 1. The fourth-order valence-corrected chi connectivity index (χ4v) is 3.14. The van der Waals surface area contributed by atoms with E-state index in [9.17, 15) is 4.79 Å². The molecule has 0 radical (unpaired) electrons. The average Bonchev–Trinajstić information content (AvgIpc) is 2.69. The van der Waals surface area contributed by atoms with Gasteiger partial charge in [0.25, 0.3) is 0 Å². The van der Waals surface area contributed by atoms with E-state index in [1.165, 1.54) is 24.0 Å². The van der Waals surface area contributed by atoms with E-state index >= 15 is 0 Å². The Morgan fingerprint density at radius 3 is 3.11 bits per heavy atom. The van der Waals surface area contributed by atoms with Crippen LogP contribution in [0.15, 0.2) is 18.2 Å². The van der Waals surface area contributed by atoms with Gasteiger partial charge in [-0.3, -0.25) is 4.79 Å². The minimum atomic E-state index is 0.221. The highest BCUT2D eigenvalue weighted by Gasteiger charge is 2.26. The van der Waals surface area contributed by atoms with Gasteiger partial charge in [-0.25, -0.2) is 0 Å². The molecule has 0 saturated carbocycles. The summed E-state index contributed by atoms with van der Waals surface area (Å²) >= 11 is 0. The summed E-state index contributed by atoms with van der Waals surface area (Å²) in [7, 11) is 1.88. The van der Waals surface area contributed by atoms with Crippen LogP contribution in [0.4, 0.5) is 5.69 Å². The molecule has 3 nitrogen and oxygen atoms in total. The number of anilines is 1. The predicted octanol–water partition coefficient (Wildman–Crippen LogP) is 1.75. The van der Waals surface area contributed by atoms with Crippen LogP contribution in [0.3, 0.4) is 0 Å². The van der Waals surface area contributed by atoms with Crippen molar-refractivity contribution in [3.05, 3.63) is 29.3 Å². The fourth-order valence-electron chi connectivity index (χ4n) is 3.14. The van der Waals surface area contributed by atoms with Crippen LogP contribution in [0.2, 0.25) is 0 Å². The molecule has 1 unspecified atom stereocenters. The van der Waals surface area contributed by atoms with Crippen LogP contribution in [0, 0.1) is 5.92 Å². The summed E-state index contributed by atoms with van der Waals surface area (Å²) in [5, 5.41) is 3.46. The Morgan fingerprint density at radius 1 is 1.44 bits per heavy atom. The summed E-state index contributed by atoms with van der Waals surface area (Å²) in [5.41, 5.74) is 3.75. The molecule has 1 atom stereocenters. The largest absolute Gasteiger partial charge is 0.316 e. The summed E-state index contributed by atoms with van der Waals surface area (Å²) in [6, 6.07) is 6.34. The van der Waals surface area contributed by atoms with Crippen LogP contribution in [0.1, 0.15) is 24.0 Å². The van der Waals surface area contributed by atoms with E-state index in [-0.39, 0.29) is 5.91 Å². The molecular formula is C15H20N2O. The zero-order valence-electron chi connectivity index (χ0n) is 10.9. The van der Waals surface area contributed by atoms with Crippen molar-refractivity contribution in [1.82, 2.24) is 5.32 Å². The summed E-state index contributed by atoms with van der Waals surface area (Å²) < 4.78 is 0. The molecule has 2 aliphatic rings. The smallest absolute Gasteiger partial charge is 0.231 e. The topological polar surface area (TPSA) is 32.3 Å². The van der Waals surface area contributed by atoms with Crippen LogP contribution in [-0.2, 0) is 17.6 Å². The molecule has 0 aliphatic carbocycles. The first-order valence-electron chi connectivity index (χ1n) is 6.84. The Kier molecular flexibility index (Phi) is 3.08. The number of carbonyl (C=O) groups excluding carboxylic acids is 1. The van der Waals surface area contributed by atoms with Crippen molar-refractivity contribution in [3.8, 4) is 0 Å². The highest BCUT2D eigenvalue weighted by molar-refractivity contribution is 6.01. The number of rotatable bonds is 2. The quantitative estimate of drug-likeness (QED) is 0.859. The molecule has 1 aromatic rings. The highest BCUT2D eigenvalue weighted by atomic mass is 16.2. The predicted molar refractivity (Wildman–Crippen MR) is 72.9 cm³/mol. The third kappa shape index (κ3) is 2.03. The first-order chi connectivity index (χ1) is 8.75. The van der Waals surface area contributed by atoms with Crippen molar-refractivity contribution in [2.24, 2.45) is 5.92 Å². The molecule has 96 valence electrons. The molecule has 0 aromatic heterocycles. The van der Waals surface area contributed by atoms with Gasteiger partial charge in [0.15, 0.2) is 0 Å². The van der Waals surface area contributed by atoms with Gasteiger partial charge in [0.2, 0.25) is 5.91 Å². The maximum absolute atomic E-state index is 11.8. The number of piperidine rings is 1. The monoisotopic (exact) mass is 244 g/mol. The first-order valence-corrected chi connectivity index (χ1v) is 6.84. The standard InChI is InChI=1S/C15H20N2O/c1-17-14-6-2-5-12(13(14)9-15(17)18)8-11-4-3-7-16-10-11/h2,5-6,11,16H,3-4,7-10H2,1H3. The summed E-state index contributed by atoms with van der Waals surface area (Å²) in [4.78, 5) is 13.6. The van der Waals surface area contributed by atoms with Gasteiger partial charge < -0.3 is 10.2 Å². The summed E-state index contributed by atoms with van der Waals surface area (Å²) in [5.74, 6) is 0.950. The van der Waals surface area contributed by atoms with E-state index < -0.39 is 0 Å². The molecule has 18 heavy (non-hydrogen) atoms. The number of amides is 1. The van der Waals surface area contributed by atoms with Crippen LogP contribution >= 0.6 is 0 Å². The SMILES string of the molecule is CN1C(=O)Cc2c(CC3CCCNC3)cccc21. The van der Waals surface area contributed by atoms with Gasteiger partial charge in [-0.2, -0.15) is 0 Å². The Bertz CT molecular complexity index is 464. The van der Waals surface area contributed by atoms with Gasteiger partial charge in [-0.15, -0.1) is 0 Å². The van der Waals surface area contributed by atoms with Gasteiger partial charge in [0.05, 0.1) is 6.42 Å². The zero-order valence-corrected chi connectivity index (χ0v) is 10.9. The van der Waals surface area contributed by atoms with Crippen molar-refractivity contribution < 1.29 is 4.79 Å². The lowest BCUT2D eigenvalue weighted by Gasteiger charge is -2.23. The second kappa shape index (κ2) is 4.73. The van der Waals surface area contributed by atoms with Crippen molar-refractivity contribution in [2.45, 2.75) is 25.7 Å². The van der Waals surface area contributed by atoms with Crippen molar-refractivity contribution in [3.63, 3.8) is 0 Å². The van der Waals surface area contributed by atoms with Crippen LogP contribution < -0.4 is 10.2 Å². The summed E-state index contributed by atoms with van der Waals surface area (Å²) in [6.07, 6.45) is 4.28. The number of carbonyl (C=O) groups is 1.